The fourth-order valence-electron chi connectivity index (χ4n) is 1.43. The third-order valence-corrected chi connectivity index (χ3v) is 4.54. The van der Waals surface area contributed by atoms with E-state index in [0.29, 0.717) is 18.0 Å². The summed E-state index contributed by atoms with van der Waals surface area (Å²) in [6, 6.07) is 3.97. The van der Waals surface area contributed by atoms with Crippen molar-refractivity contribution in [3.63, 3.8) is 0 Å². The van der Waals surface area contributed by atoms with Crippen molar-refractivity contribution in [1.82, 2.24) is 5.32 Å². The summed E-state index contributed by atoms with van der Waals surface area (Å²) in [6.07, 6.45) is 1.47. The van der Waals surface area contributed by atoms with Gasteiger partial charge >= 0.3 is 0 Å². The van der Waals surface area contributed by atoms with Crippen LogP contribution in [-0.4, -0.2) is 17.4 Å². The molecule has 0 aromatic carbocycles. The van der Waals surface area contributed by atoms with Gasteiger partial charge in [-0.05, 0) is 30.4 Å². The lowest BCUT2D eigenvalue weighted by Crippen LogP contribution is -2.24. The number of nitrogens with one attached hydrogen (secondary N) is 1. The molecule has 6 heteroatoms. The third-order valence-electron chi connectivity index (χ3n) is 2.25. The maximum atomic E-state index is 11.8. The lowest BCUT2D eigenvalue weighted by molar-refractivity contribution is 0.0957. The highest BCUT2D eigenvalue weighted by Gasteiger charge is 2.10. The van der Waals surface area contributed by atoms with Crippen molar-refractivity contribution in [3.8, 4) is 0 Å². The Kier molecular flexibility index (Phi) is 4.09. The van der Waals surface area contributed by atoms with Gasteiger partial charge < -0.3 is 11.1 Å². The number of fused-ring (bicyclic) bond motifs is 1. The van der Waals surface area contributed by atoms with E-state index >= 15 is 0 Å². The van der Waals surface area contributed by atoms with Crippen LogP contribution >= 0.6 is 34.9 Å². The summed E-state index contributed by atoms with van der Waals surface area (Å²) in [4.78, 5) is 13.1. The van der Waals surface area contributed by atoms with E-state index in [0.717, 1.165) is 11.3 Å². The Labute approximate surface area is 113 Å². The molecular formula is C11H12N2OS3. The average molecular weight is 284 g/mol. The number of hydrogen-bond acceptors (Lipinski definition) is 4. The number of nitrogens with two attached hydrogens (primary N) is 1. The Morgan fingerprint density at radius 1 is 1.47 bits per heavy atom. The van der Waals surface area contributed by atoms with Crippen LogP contribution in [-0.2, 0) is 0 Å². The standard InChI is InChI=1S/C11H12N2OS3/c12-10(15)2-1-4-13-11(14)9-6-8-7(17-9)3-5-16-8/h3,5-6H,1-2,4H2,(H2,12,15)(H,13,14). The first-order valence-electron chi connectivity index (χ1n) is 5.20. The van der Waals surface area contributed by atoms with Gasteiger partial charge in [0.05, 0.1) is 9.87 Å². The van der Waals surface area contributed by atoms with Gasteiger partial charge in [0.25, 0.3) is 5.91 Å². The fourth-order valence-corrected chi connectivity index (χ4v) is 3.60. The van der Waals surface area contributed by atoms with Crippen LogP contribution in [0, 0.1) is 0 Å². The van der Waals surface area contributed by atoms with Gasteiger partial charge in [0.1, 0.15) is 0 Å². The van der Waals surface area contributed by atoms with Gasteiger partial charge in [-0.1, -0.05) is 12.2 Å². The molecule has 0 saturated heterocycles. The first-order chi connectivity index (χ1) is 8.16. The van der Waals surface area contributed by atoms with E-state index in [1.807, 2.05) is 17.5 Å². The number of rotatable bonds is 5. The normalized spacial score (nSPS) is 10.6. The fraction of sp³-hybridized carbons (Fsp3) is 0.273. The summed E-state index contributed by atoms with van der Waals surface area (Å²) in [7, 11) is 0. The molecule has 2 aromatic rings. The van der Waals surface area contributed by atoms with E-state index in [-0.39, 0.29) is 5.91 Å². The van der Waals surface area contributed by atoms with Crippen molar-refractivity contribution in [2.24, 2.45) is 5.73 Å². The summed E-state index contributed by atoms with van der Waals surface area (Å²) in [5.41, 5.74) is 5.38. The minimum Gasteiger partial charge on any atom is -0.393 e. The zero-order chi connectivity index (χ0) is 12.3. The molecule has 0 aliphatic heterocycles. The maximum Gasteiger partial charge on any atom is 0.261 e. The molecule has 3 nitrogen and oxygen atoms in total. The van der Waals surface area contributed by atoms with Crippen molar-refractivity contribution in [2.75, 3.05) is 6.54 Å². The highest BCUT2D eigenvalue weighted by Crippen LogP contribution is 2.29. The Bertz CT molecular complexity index is 515. The van der Waals surface area contributed by atoms with Crippen LogP contribution in [0.1, 0.15) is 22.5 Å². The molecule has 2 rings (SSSR count). The lowest BCUT2D eigenvalue weighted by Gasteiger charge is -2.02. The molecule has 0 radical (unpaired) electrons. The van der Waals surface area contributed by atoms with Gasteiger partial charge in [-0.15, -0.1) is 22.7 Å². The monoisotopic (exact) mass is 284 g/mol. The molecule has 1 amide bonds. The number of carbonyl (C=O) groups is 1. The number of amides is 1. The summed E-state index contributed by atoms with van der Waals surface area (Å²) in [5, 5.41) is 4.90. The van der Waals surface area contributed by atoms with Crippen LogP contribution in [0.5, 0.6) is 0 Å². The van der Waals surface area contributed by atoms with Crippen LogP contribution in [0.3, 0.4) is 0 Å². The molecule has 17 heavy (non-hydrogen) atoms. The Balaban J connectivity index is 1.87. The zero-order valence-electron chi connectivity index (χ0n) is 9.06. The van der Waals surface area contributed by atoms with E-state index in [4.69, 9.17) is 18.0 Å². The SMILES string of the molecule is NC(=S)CCCNC(=O)c1cc2sccc2s1. The summed E-state index contributed by atoms with van der Waals surface area (Å²) >= 11 is 7.95. The Morgan fingerprint density at radius 3 is 3.00 bits per heavy atom. The number of carbonyl (C=O) groups excluding carboxylic acids is 1. The largest absolute Gasteiger partial charge is 0.393 e. The highest BCUT2D eigenvalue weighted by atomic mass is 32.1. The second kappa shape index (κ2) is 5.57. The van der Waals surface area contributed by atoms with Crippen LogP contribution in [0.15, 0.2) is 17.5 Å². The second-order valence-corrected chi connectivity index (χ2v) is 6.14. The molecule has 0 spiro atoms. The number of hydrogen-bond donors (Lipinski definition) is 2. The molecule has 0 saturated carbocycles. The zero-order valence-corrected chi connectivity index (χ0v) is 11.5. The van der Waals surface area contributed by atoms with Crippen molar-refractivity contribution in [2.45, 2.75) is 12.8 Å². The van der Waals surface area contributed by atoms with E-state index in [2.05, 4.69) is 5.32 Å². The predicted molar refractivity (Wildman–Crippen MR) is 78.1 cm³/mol. The van der Waals surface area contributed by atoms with Crippen LogP contribution < -0.4 is 11.1 Å². The molecule has 90 valence electrons. The molecule has 3 N–H and O–H groups in total. The molecule has 0 atom stereocenters. The lowest BCUT2D eigenvalue weighted by atomic mass is 10.3. The maximum absolute atomic E-state index is 11.8. The van der Waals surface area contributed by atoms with E-state index in [1.165, 1.54) is 20.7 Å². The molecule has 0 unspecified atom stereocenters. The quantitative estimate of drug-likeness (QED) is 0.655. The highest BCUT2D eigenvalue weighted by molar-refractivity contribution is 7.80. The van der Waals surface area contributed by atoms with Gasteiger partial charge in [-0.25, -0.2) is 0 Å². The van der Waals surface area contributed by atoms with Crippen LogP contribution in [0.2, 0.25) is 0 Å². The topological polar surface area (TPSA) is 55.1 Å². The minimum atomic E-state index is -0.0126. The van der Waals surface area contributed by atoms with E-state index < -0.39 is 0 Å². The second-order valence-electron chi connectivity index (χ2n) is 3.59. The number of thiocarbonyl (C=S) groups is 1. The molecule has 0 aliphatic rings. The first kappa shape index (κ1) is 12.5. The van der Waals surface area contributed by atoms with Crippen molar-refractivity contribution in [1.29, 1.82) is 0 Å². The average Bonchev–Trinajstić information content (AvgIpc) is 2.83. The summed E-state index contributed by atoms with van der Waals surface area (Å²) < 4.78 is 2.34. The van der Waals surface area contributed by atoms with Crippen LogP contribution in [0.25, 0.3) is 9.40 Å². The molecule has 2 aromatic heterocycles. The van der Waals surface area contributed by atoms with Crippen molar-refractivity contribution < 1.29 is 4.79 Å². The van der Waals surface area contributed by atoms with Gasteiger partial charge in [0.2, 0.25) is 0 Å². The first-order valence-corrected chi connectivity index (χ1v) is 7.31. The predicted octanol–water partition coefficient (Wildman–Crippen LogP) is 2.76. The molecule has 2 heterocycles. The summed E-state index contributed by atoms with van der Waals surface area (Å²) in [5.74, 6) is -0.0126. The smallest absolute Gasteiger partial charge is 0.261 e. The third kappa shape index (κ3) is 3.24. The Hall–Kier alpha value is -0.980. The molecule has 0 bridgehead atoms. The molecular weight excluding hydrogens is 272 g/mol. The van der Waals surface area contributed by atoms with Crippen LogP contribution in [0.4, 0.5) is 0 Å². The van der Waals surface area contributed by atoms with Gasteiger partial charge in [0.15, 0.2) is 0 Å². The minimum absolute atomic E-state index is 0.0126. The summed E-state index contributed by atoms with van der Waals surface area (Å²) in [6.45, 7) is 0.613. The Morgan fingerprint density at radius 2 is 2.29 bits per heavy atom. The van der Waals surface area contributed by atoms with Crippen molar-refractivity contribution in [3.05, 3.63) is 22.4 Å². The number of thiophene rings is 2. The molecule has 0 fully saturated rings. The van der Waals surface area contributed by atoms with Gasteiger partial charge in [-0.2, -0.15) is 0 Å². The van der Waals surface area contributed by atoms with E-state index in [1.54, 1.807) is 11.3 Å². The van der Waals surface area contributed by atoms with Crippen molar-refractivity contribution >= 4 is 55.2 Å². The van der Waals surface area contributed by atoms with Gasteiger partial charge in [0, 0.05) is 15.9 Å². The van der Waals surface area contributed by atoms with Gasteiger partial charge in [-0.3, -0.25) is 4.79 Å². The van der Waals surface area contributed by atoms with E-state index in [9.17, 15) is 4.79 Å². The molecule has 0 aliphatic carbocycles.